The number of aromatic amines is 1. The molecule has 0 spiro atoms. The van der Waals surface area contributed by atoms with Crippen LogP contribution < -0.4 is 5.32 Å². The van der Waals surface area contributed by atoms with E-state index in [4.69, 9.17) is 0 Å². The maximum absolute atomic E-state index is 10.7. The molecule has 5 rings (SSSR count). The van der Waals surface area contributed by atoms with E-state index in [2.05, 4.69) is 44.9 Å². The Labute approximate surface area is 146 Å². The zero-order chi connectivity index (χ0) is 16.9. The molecule has 3 heterocycles. The van der Waals surface area contributed by atoms with Crippen molar-refractivity contribution >= 4 is 10.9 Å². The van der Waals surface area contributed by atoms with Crippen LogP contribution in [0.2, 0.25) is 0 Å². The molecule has 0 amide bonds. The minimum Gasteiger partial charge on any atom is -0.383 e. The van der Waals surface area contributed by atoms with Gasteiger partial charge in [0.25, 0.3) is 0 Å². The molecule has 3 aromatic rings. The number of benzene rings is 1. The van der Waals surface area contributed by atoms with Gasteiger partial charge in [-0.1, -0.05) is 36.3 Å². The van der Waals surface area contributed by atoms with Gasteiger partial charge in [-0.15, -0.1) is 5.10 Å². The van der Waals surface area contributed by atoms with E-state index in [9.17, 15) is 5.11 Å². The van der Waals surface area contributed by atoms with Crippen molar-refractivity contribution in [2.45, 2.75) is 56.8 Å². The topological polar surface area (TPSA) is 78.8 Å². The first kappa shape index (κ1) is 15.1. The Morgan fingerprint density at radius 3 is 2.96 bits per heavy atom. The number of nitrogens with one attached hydrogen (secondary N) is 2. The normalized spacial score (nSPS) is 22.4. The average Bonchev–Trinajstić information content (AvgIpc) is 3.34. The summed E-state index contributed by atoms with van der Waals surface area (Å²) in [6, 6.07) is 8.81. The van der Waals surface area contributed by atoms with E-state index >= 15 is 0 Å². The van der Waals surface area contributed by atoms with Crippen LogP contribution in [0.5, 0.6) is 0 Å². The summed E-state index contributed by atoms with van der Waals surface area (Å²) in [5, 5.41) is 24.1. The summed E-state index contributed by atoms with van der Waals surface area (Å²) in [4.78, 5) is 3.52. The summed E-state index contributed by atoms with van der Waals surface area (Å²) in [6.07, 6.45) is 6.63. The first-order valence-corrected chi connectivity index (χ1v) is 9.16. The molecule has 1 fully saturated rings. The molecule has 2 aliphatic rings. The Morgan fingerprint density at radius 2 is 2.08 bits per heavy atom. The lowest BCUT2D eigenvalue weighted by Gasteiger charge is -2.24. The highest BCUT2D eigenvalue weighted by Crippen LogP contribution is 2.37. The molecule has 0 unspecified atom stereocenters. The standard InChI is InChI=1S/C19H23N5O/c25-19(7-3-4-8-19)18-12-24(23-22-18)11-13-9-15-14-5-1-2-6-16(14)21-17(15)10-20-13/h1-2,5-6,12-13,20-21,25H,3-4,7-11H2/t13-/m0/s1. The molecule has 25 heavy (non-hydrogen) atoms. The summed E-state index contributed by atoms with van der Waals surface area (Å²) < 4.78 is 1.88. The van der Waals surface area contributed by atoms with Gasteiger partial charge in [0.05, 0.1) is 12.7 Å². The largest absolute Gasteiger partial charge is 0.383 e. The van der Waals surface area contributed by atoms with E-state index < -0.39 is 5.60 Å². The molecule has 3 N–H and O–H groups in total. The quantitative estimate of drug-likeness (QED) is 0.685. The maximum atomic E-state index is 10.7. The third kappa shape index (κ3) is 2.56. The Hall–Kier alpha value is -2.18. The van der Waals surface area contributed by atoms with Crippen molar-refractivity contribution in [2.75, 3.05) is 0 Å². The average molecular weight is 337 g/mol. The first-order valence-electron chi connectivity index (χ1n) is 9.16. The van der Waals surface area contributed by atoms with Gasteiger partial charge in [-0.25, -0.2) is 0 Å². The lowest BCUT2D eigenvalue weighted by atomic mass is 9.98. The van der Waals surface area contributed by atoms with Crippen LogP contribution in [-0.2, 0) is 25.1 Å². The van der Waals surface area contributed by atoms with Gasteiger partial charge < -0.3 is 15.4 Å². The van der Waals surface area contributed by atoms with Gasteiger partial charge in [0, 0.05) is 29.2 Å². The van der Waals surface area contributed by atoms with Crippen LogP contribution in [0.4, 0.5) is 0 Å². The van der Waals surface area contributed by atoms with E-state index in [1.807, 2.05) is 10.9 Å². The zero-order valence-electron chi connectivity index (χ0n) is 14.2. The summed E-state index contributed by atoms with van der Waals surface area (Å²) >= 11 is 0. The Kier molecular flexibility index (Phi) is 3.43. The summed E-state index contributed by atoms with van der Waals surface area (Å²) in [5.41, 5.74) is 3.88. The van der Waals surface area contributed by atoms with E-state index in [1.54, 1.807) is 0 Å². The predicted octanol–water partition coefficient (Wildman–Crippen LogP) is 2.24. The van der Waals surface area contributed by atoms with E-state index in [0.717, 1.165) is 50.9 Å². The molecular weight excluding hydrogens is 314 g/mol. The number of H-pyrrole nitrogens is 1. The SMILES string of the molecule is OC1(c2cn(C[C@@H]3Cc4c([nH]c5ccccc45)CN3)nn2)CCCC1. The molecule has 0 bridgehead atoms. The van der Waals surface area contributed by atoms with Gasteiger partial charge in [-0.2, -0.15) is 0 Å². The molecule has 1 atom stereocenters. The number of aliphatic hydroxyl groups is 1. The molecule has 2 aromatic heterocycles. The van der Waals surface area contributed by atoms with E-state index in [0.29, 0.717) is 6.04 Å². The predicted molar refractivity (Wildman–Crippen MR) is 95.0 cm³/mol. The fraction of sp³-hybridized carbons (Fsp3) is 0.474. The second kappa shape index (κ2) is 5.68. The molecule has 1 aliphatic heterocycles. The lowest BCUT2D eigenvalue weighted by molar-refractivity contribution is 0.0398. The molecule has 1 aliphatic carbocycles. The summed E-state index contributed by atoms with van der Waals surface area (Å²) in [7, 11) is 0. The van der Waals surface area contributed by atoms with Crippen LogP contribution in [0, 0.1) is 0 Å². The van der Waals surface area contributed by atoms with Crippen LogP contribution >= 0.6 is 0 Å². The third-order valence-corrected chi connectivity index (χ3v) is 5.77. The van der Waals surface area contributed by atoms with Gasteiger partial charge in [0.2, 0.25) is 0 Å². The second-order valence-electron chi connectivity index (χ2n) is 7.47. The molecule has 6 heteroatoms. The van der Waals surface area contributed by atoms with Gasteiger partial charge in [-0.3, -0.25) is 4.68 Å². The van der Waals surface area contributed by atoms with Crippen LogP contribution in [0.25, 0.3) is 10.9 Å². The van der Waals surface area contributed by atoms with Crippen LogP contribution in [-0.4, -0.2) is 31.1 Å². The highest BCUT2D eigenvalue weighted by molar-refractivity contribution is 5.84. The van der Waals surface area contributed by atoms with Crippen molar-refractivity contribution in [3.05, 3.63) is 47.4 Å². The van der Waals surface area contributed by atoms with Gasteiger partial charge >= 0.3 is 0 Å². The molecule has 1 aromatic carbocycles. The molecular formula is C19H23N5O. The van der Waals surface area contributed by atoms with Crippen LogP contribution in [0.1, 0.15) is 42.6 Å². The van der Waals surface area contributed by atoms with Crippen molar-refractivity contribution in [1.29, 1.82) is 0 Å². The molecule has 0 radical (unpaired) electrons. The molecule has 130 valence electrons. The monoisotopic (exact) mass is 337 g/mol. The molecule has 6 nitrogen and oxygen atoms in total. The minimum atomic E-state index is -0.762. The number of fused-ring (bicyclic) bond motifs is 3. The van der Waals surface area contributed by atoms with Crippen LogP contribution in [0.3, 0.4) is 0 Å². The smallest absolute Gasteiger partial charge is 0.114 e. The van der Waals surface area contributed by atoms with Crippen LogP contribution in [0.15, 0.2) is 30.5 Å². The number of rotatable bonds is 3. The number of aromatic nitrogens is 4. The fourth-order valence-corrected chi connectivity index (χ4v) is 4.38. The maximum Gasteiger partial charge on any atom is 0.114 e. The number of hydrogen-bond donors (Lipinski definition) is 3. The van der Waals surface area contributed by atoms with Gasteiger partial charge in [0.1, 0.15) is 11.3 Å². The summed E-state index contributed by atoms with van der Waals surface area (Å²) in [6.45, 7) is 1.61. The Balaban J connectivity index is 1.35. The van der Waals surface area contributed by atoms with Crippen molar-refractivity contribution < 1.29 is 5.11 Å². The van der Waals surface area contributed by atoms with Crippen molar-refractivity contribution in [3.63, 3.8) is 0 Å². The number of hydrogen-bond acceptors (Lipinski definition) is 4. The second-order valence-corrected chi connectivity index (χ2v) is 7.47. The fourth-order valence-electron chi connectivity index (χ4n) is 4.38. The number of nitrogens with zero attached hydrogens (tertiary/aromatic N) is 3. The number of para-hydroxylation sites is 1. The highest BCUT2D eigenvalue weighted by Gasteiger charge is 2.36. The first-order chi connectivity index (χ1) is 12.2. The molecule has 1 saturated carbocycles. The minimum absolute atomic E-state index is 0.319. The van der Waals surface area contributed by atoms with Crippen molar-refractivity contribution in [2.24, 2.45) is 0 Å². The lowest BCUT2D eigenvalue weighted by Crippen LogP contribution is -2.38. The highest BCUT2D eigenvalue weighted by atomic mass is 16.3. The zero-order valence-corrected chi connectivity index (χ0v) is 14.2. The van der Waals surface area contributed by atoms with Gasteiger partial charge in [-0.05, 0) is 30.9 Å². The summed E-state index contributed by atoms with van der Waals surface area (Å²) in [5.74, 6) is 0. The van der Waals surface area contributed by atoms with Crippen molar-refractivity contribution in [1.82, 2.24) is 25.3 Å². The Morgan fingerprint density at radius 1 is 1.24 bits per heavy atom. The van der Waals surface area contributed by atoms with Gasteiger partial charge in [0.15, 0.2) is 0 Å². The van der Waals surface area contributed by atoms with E-state index in [-0.39, 0.29) is 0 Å². The van der Waals surface area contributed by atoms with Crippen molar-refractivity contribution in [3.8, 4) is 0 Å². The van der Waals surface area contributed by atoms with E-state index in [1.165, 1.54) is 22.2 Å². The third-order valence-electron chi connectivity index (χ3n) is 5.77. The molecule has 0 saturated heterocycles. The Bertz CT molecular complexity index is 906.